The maximum atomic E-state index is 10.7. The quantitative estimate of drug-likeness (QED) is 0.346. The molecule has 0 bridgehead atoms. The van der Waals surface area contributed by atoms with E-state index in [0.717, 1.165) is 6.20 Å². The first-order chi connectivity index (χ1) is 12.9. The fourth-order valence-electron chi connectivity index (χ4n) is 1.90. The highest BCUT2D eigenvalue weighted by Gasteiger charge is 2.11. The first-order valence-electron chi connectivity index (χ1n) is 7.61. The number of halogens is 1. The molecule has 1 aromatic heterocycles. The lowest BCUT2D eigenvalue weighted by Crippen LogP contribution is -2.10. The van der Waals surface area contributed by atoms with Gasteiger partial charge in [-0.15, -0.1) is 0 Å². The number of benzene rings is 1. The van der Waals surface area contributed by atoms with Crippen LogP contribution in [0.1, 0.15) is 12.5 Å². The molecule has 0 aliphatic heterocycles. The van der Waals surface area contributed by atoms with Crippen molar-refractivity contribution in [1.29, 1.82) is 0 Å². The van der Waals surface area contributed by atoms with Gasteiger partial charge in [0.15, 0.2) is 18.1 Å². The van der Waals surface area contributed by atoms with E-state index in [2.05, 4.69) is 31.4 Å². The van der Waals surface area contributed by atoms with Gasteiger partial charge in [0.1, 0.15) is 12.0 Å². The van der Waals surface area contributed by atoms with E-state index in [1.54, 1.807) is 19.1 Å². The molecule has 0 atom stereocenters. The zero-order valence-electron chi connectivity index (χ0n) is 14.1. The zero-order valence-corrected chi connectivity index (χ0v) is 15.7. The number of carboxylic acids is 1. The second kappa shape index (κ2) is 9.48. The van der Waals surface area contributed by atoms with Crippen LogP contribution in [0, 0.1) is 10.1 Å². The van der Waals surface area contributed by atoms with Gasteiger partial charge in [0, 0.05) is 16.1 Å². The van der Waals surface area contributed by atoms with Gasteiger partial charge in [-0.3, -0.25) is 15.5 Å². The van der Waals surface area contributed by atoms with Gasteiger partial charge in [-0.25, -0.2) is 9.78 Å². The van der Waals surface area contributed by atoms with Crippen molar-refractivity contribution in [3.05, 3.63) is 50.6 Å². The lowest BCUT2D eigenvalue weighted by Gasteiger charge is -2.12. The standard InChI is InChI=1S/C16H15BrN4O6/c1-2-26-13-5-10(12(17)6-14(13)27-9-16(22)23)7-19-20-15-4-3-11(8-18-15)21(24)25/h3-8H,2,9H2,1H3,(H,18,20)(H,22,23)/b19-7+. The van der Waals surface area contributed by atoms with Gasteiger partial charge in [0.25, 0.3) is 5.69 Å². The van der Waals surface area contributed by atoms with Crippen LogP contribution in [0.2, 0.25) is 0 Å². The third-order valence-corrected chi connectivity index (χ3v) is 3.74. The number of pyridine rings is 1. The molecule has 2 rings (SSSR count). The third kappa shape index (κ3) is 5.92. The number of carboxylic acid groups (broad SMARTS) is 1. The van der Waals surface area contributed by atoms with Crippen molar-refractivity contribution >= 4 is 39.6 Å². The minimum atomic E-state index is -1.10. The average molecular weight is 439 g/mol. The molecule has 1 heterocycles. The summed E-state index contributed by atoms with van der Waals surface area (Å²) in [6.07, 6.45) is 2.60. The second-order valence-electron chi connectivity index (χ2n) is 4.96. The number of rotatable bonds is 9. The van der Waals surface area contributed by atoms with Crippen molar-refractivity contribution in [2.75, 3.05) is 18.6 Å². The van der Waals surface area contributed by atoms with Gasteiger partial charge < -0.3 is 14.6 Å². The summed E-state index contributed by atoms with van der Waals surface area (Å²) in [6, 6.07) is 5.96. The Kier molecular flexibility index (Phi) is 7.06. The lowest BCUT2D eigenvalue weighted by molar-refractivity contribution is -0.385. The monoisotopic (exact) mass is 438 g/mol. The number of ether oxygens (including phenoxy) is 2. The Morgan fingerprint density at radius 2 is 2.15 bits per heavy atom. The van der Waals surface area contributed by atoms with Crippen LogP contribution < -0.4 is 14.9 Å². The van der Waals surface area contributed by atoms with Crippen LogP contribution in [0.15, 0.2) is 40.0 Å². The Hall–Kier alpha value is -3.21. The number of aromatic nitrogens is 1. The lowest BCUT2D eigenvalue weighted by atomic mass is 10.2. The van der Waals surface area contributed by atoms with Crippen LogP contribution in [0.4, 0.5) is 11.5 Å². The molecule has 0 unspecified atom stereocenters. The van der Waals surface area contributed by atoms with Crippen LogP contribution >= 0.6 is 15.9 Å². The molecular formula is C16H15BrN4O6. The van der Waals surface area contributed by atoms with Crippen LogP contribution in [0.3, 0.4) is 0 Å². The largest absolute Gasteiger partial charge is 0.490 e. The number of nitrogens with zero attached hydrogens (tertiary/aromatic N) is 3. The summed E-state index contributed by atoms with van der Waals surface area (Å²) in [5, 5.41) is 23.4. The first kappa shape index (κ1) is 20.1. The minimum absolute atomic E-state index is 0.120. The molecule has 27 heavy (non-hydrogen) atoms. The number of nitrogens with one attached hydrogen (secondary N) is 1. The molecule has 0 aliphatic rings. The third-order valence-electron chi connectivity index (χ3n) is 3.06. The van der Waals surface area contributed by atoms with Crippen LogP contribution in [0.5, 0.6) is 11.5 Å². The van der Waals surface area contributed by atoms with E-state index in [0.29, 0.717) is 28.2 Å². The fraction of sp³-hybridized carbons (Fsp3) is 0.188. The fourth-order valence-corrected chi connectivity index (χ4v) is 2.32. The van der Waals surface area contributed by atoms with Crippen molar-refractivity contribution < 1.29 is 24.3 Å². The zero-order chi connectivity index (χ0) is 19.8. The van der Waals surface area contributed by atoms with Crippen molar-refractivity contribution in [2.45, 2.75) is 6.92 Å². The molecule has 0 spiro atoms. The van der Waals surface area contributed by atoms with E-state index in [-0.39, 0.29) is 11.4 Å². The van der Waals surface area contributed by atoms with E-state index in [1.807, 2.05) is 0 Å². The summed E-state index contributed by atoms with van der Waals surface area (Å²) < 4.78 is 11.3. The van der Waals surface area contributed by atoms with Crippen molar-refractivity contribution in [3.63, 3.8) is 0 Å². The molecule has 0 amide bonds. The topological polar surface area (TPSA) is 136 Å². The van der Waals surface area contributed by atoms with E-state index in [4.69, 9.17) is 14.6 Å². The summed E-state index contributed by atoms with van der Waals surface area (Å²) in [4.78, 5) is 24.6. The average Bonchev–Trinajstić information content (AvgIpc) is 2.63. The molecule has 0 radical (unpaired) electrons. The Bertz CT molecular complexity index is 857. The highest BCUT2D eigenvalue weighted by atomic mass is 79.9. The maximum absolute atomic E-state index is 10.7. The van der Waals surface area contributed by atoms with Crippen LogP contribution in [-0.2, 0) is 4.79 Å². The minimum Gasteiger partial charge on any atom is -0.490 e. The number of nitro groups is 1. The molecule has 1 aromatic carbocycles. The van der Waals surface area contributed by atoms with Crippen LogP contribution in [0.25, 0.3) is 0 Å². The number of hydrogen-bond donors (Lipinski definition) is 2. The number of aliphatic carboxylic acids is 1. The van der Waals surface area contributed by atoms with E-state index < -0.39 is 17.5 Å². The number of hydrazone groups is 1. The van der Waals surface area contributed by atoms with Crippen molar-refractivity contribution in [3.8, 4) is 11.5 Å². The predicted molar refractivity (Wildman–Crippen MR) is 101 cm³/mol. The highest BCUT2D eigenvalue weighted by molar-refractivity contribution is 9.10. The van der Waals surface area contributed by atoms with Gasteiger partial charge in [0.2, 0.25) is 0 Å². The van der Waals surface area contributed by atoms with Gasteiger partial charge in [-0.1, -0.05) is 0 Å². The molecule has 2 aromatic rings. The smallest absolute Gasteiger partial charge is 0.341 e. The van der Waals surface area contributed by atoms with Gasteiger partial charge in [-0.05, 0) is 41.1 Å². The first-order valence-corrected chi connectivity index (χ1v) is 8.40. The Morgan fingerprint density at radius 3 is 2.74 bits per heavy atom. The summed E-state index contributed by atoms with van der Waals surface area (Å²) >= 11 is 3.36. The highest BCUT2D eigenvalue weighted by Crippen LogP contribution is 2.33. The molecule has 0 saturated carbocycles. The molecule has 0 fully saturated rings. The normalized spacial score (nSPS) is 10.6. The molecule has 0 saturated heterocycles. The van der Waals surface area contributed by atoms with E-state index in [1.165, 1.54) is 18.3 Å². The molecule has 142 valence electrons. The number of hydrogen-bond acceptors (Lipinski definition) is 8. The summed E-state index contributed by atoms with van der Waals surface area (Å²) in [7, 11) is 0. The van der Waals surface area contributed by atoms with E-state index in [9.17, 15) is 14.9 Å². The Balaban J connectivity index is 2.14. The Labute approximate surface area is 162 Å². The molecule has 11 heteroatoms. The van der Waals surface area contributed by atoms with E-state index >= 15 is 0 Å². The van der Waals surface area contributed by atoms with Crippen molar-refractivity contribution in [2.24, 2.45) is 5.10 Å². The maximum Gasteiger partial charge on any atom is 0.341 e. The van der Waals surface area contributed by atoms with Crippen molar-refractivity contribution in [1.82, 2.24) is 4.98 Å². The van der Waals surface area contributed by atoms with Gasteiger partial charge >= 0.3 is 5.97 Å². The van der Waals surface area contributed by atoms with Gasteiger partial charge in [-0.2, -0.15) is 5.10 Å². The molecule has 10 nitrogen and oxygen atoms in total. The molecule has 2 N–H and O–H groups in total. The summed E-state index contributed by atoms with van der Waals surface area (Å²) in [5.74, 6) is -0.108. The SMILES string of the molecule is CCOc1cc(/C=N/Nc2ccc([N+](=O)[O-])cn2)c(Br)cc1OCC(=O)O. The summed E-state index contributed by atoms with van der Waals surface area (Å²) in [6.45, 7) is 1.67. The number of carbonyl (C=O) groups is 1. The predicted octanol–water partition coefficient (Wildman–Crippen LogP) is 3.06. The molecule has 0 aliphatic carbocycles. The number of anilines is 1. The van der Waals surface area contributed by atoms with Crippen LogP contribution in [-0.4, -0.2) is 40.4 Å². The Morgan fingerprint density at radius 1 is 1.41 bits per heavy atom. The second-order valence-corrected chi connectivity index (χ2v) is 5.82. The molecular weight excluding hydrogens is 424 g/mol. The van der Waals surface area contributed by atoms with Gasteiger partial charge in [0.05, 0.1) is 17.7 Å². The summed E-state index contributed by atoms with van der Waals surface area (Å²) in [5.41, 5.74) is 3.17.